The largest absolute Gasteiger partial charge is 0.481 e. The van der Waals surface area contributed by atoms with Gasteiger partial charge in [-0.15, -0.1) is 0 Å². The Hall–Kier alpha value is -3.23. The van der Waals surface area contributed by atoms with E-state index in [1.807, 2.05) is 42.5 Å². The van der Waals surface area contributed by atoms with Gasteiger partial charge >= 0.3 is 0 Å². The van der Waals surface area contributed by atoms with E-state index < -0.39 is 0 Å². The number of rotatable bonds is 9. The number of unbranched alkanes of at least 4 members (excludes halogenated alkanes) is 3. The quantitative estimate of drug-likeness (QED) is 0.420. The molecule has 6 heteroatoms. The molecular weight excluding hydrogens is 410 g/mol. The lowest BCUT2D eigenvalue weighted by molar-refractivity contribution is 0.0946. The molecule has 1 amide bonds. The molecule has 1 N–H and O–H groups in total. The number of ether oxygens (including phenoxy) is 1. The maximum Gasteiger partial charge on any atom is 0.269 e. The standard InChI is InChI=1S/C25H26ClN3O2/c1-3-4-5-9-16-28-24(30)23-22(18-12-14-19(26)15-13-18)21(17-27)25(31-2)29(23)20-10-7-6-8-11-20/h6-8,10-15H,3-5,9,16H2,1-2H3,(H,28,30). The molecular formula is C25H26ClN3O2. The van der Waals surface area contributed by atoms with Gasteiger partial charge in [0.25, 0.3) is 5.91 Å². The fraction of sp³-hybridized carbons (Fsp3) is 0.280. The maximum atomic E-state index is 13.4. The van der Waals surface area contributed by atoms with E-state index in [2.05, 4.69) is 18.3 Å². The van der Waals surface area contributed by atoms with Gasteiger partial charge in [0, 0.05) is 22.8 Å². The van der Waals surface area contributed by atoms with Crippen molar-refractivity contribution in [1.82, 2.24) is 9.88 Å². The van der Waals surface area contributed by atoms with Crippen molar-refractivity contribution in [3.8, 4) is 28.8 Å². The van der Waals surface area contributed by atoms with Gasteiger partial charge in [0.05, 0.1) is 7.11 Å². The second-order valence-electron chi connectivity index (χ2n) is 7.21. The van der Waals surface area contributed by atoms with E-state index in [0.717, 1.165) is 36.9 Å². The van der Waals surface area contributed by atoms with Gasteiger partial charge in [-0.2, -0.15) is 5.26 Å². The minimum Gasteiger partial charge on any atom is -0.481 e. The number of para-hydroxylation sites is 1. The van der Waals surface area contributed by atoms with E-state index in [-0.39, 0.29) is 5.91 Å². The zero-order valence-electron chi connectivity index (χ0n) is 17.8. The number of halogens is 1. The van der Waals surface area contributed by atoms with E-state index in [1.54, 1.807) is 16.7 Å². The summed E-state index contributed by atoms with van der Waals surface area (Å²) in [5, 5.41) is 13.6. The minimum atomic E-state index is -0.245. The third kappa shape index (κ3) is 4.92. The Bertz CT molecular complexity index is 1070. The lowest BCUT2D eigenvalue weighted by atomic mass is 10.0. The average Bonchev–Trinajstić information content (AvgIpc) is 3.14. The number of hydrogen-bond acceptors (Lipinski definition) is 3. The van der Waals surface area contributed by atoms with Crippen LogP contribution in [0, 0.1) is 11.3 Å². The fourth-order valence-electron chi connectivity index (χ4n) is 3.62. The molecule has 0 saturated heterocycles. The van der Waals surface area contributed by atoms with Crippen LogP contribution in [0.1, 0.15) is 48.7 Å². The smallest absolute Gasteiger partial charge is 0.269 e. The normalized spacial score (nSPS) is 10.5. The molecule has 1 heterocycles. The third-order valence-corrected chi connectivity index (χ3v) is 5.36. The Labute approximate surface area is 188 Å². The highest BCUT2D eigenvalue weighted by atomic mass is 35.5. The highest BCUT2D eigenvalue weighted by molar-refractivity contribution is 6.30. The van der Waals surface area contributed by atoms with Gasteiger partial charge in [0.1, 0.15) is 17.3 Å². The second-order valence-corrected chi connectivity index (χ2v) is 7.65. The van der Waals surface area contributed by atoms with E-state index in [1.165, 1.54) is 7.11 Å². The average molecular weight is 436 g/mol. The number of methoxy groups -OCH3 is 1. The van der Waals surface area contributed by atoms with Crippen molar-refractivity contribution in [3.05, 3.63) is 70.9 Å². The first-order chi connectivity index (χ1) is 15.1. The molecule has 0 spiro atoms. The number of nitriles is 1. The molecule has 0 aliphatic rings. The Morgan fingerprint density at radius 2 is 1.81 bits per heavy atom. The topological polar surface area (TPSA) is 67.1 Å². The molecule has 2 aromatic carbocycles. The van der Waals surface area contributed by atoms with Crippen LogP contribution in [-0.4, -0.2) is 24.1 Å². The maximum absolute atomic E-state index is 13.4. The van der Waals surface area contributed by atoms with E-state index in [0.29, 0.717) is 34.3 Å². The number of nitrogens with zero attached hydrogens (tertiary/aromatic N) is 2. The Morgan fingerprint density at radius 1 is 1.10 bits per heavy atom. The van der Waals surface area contributed by atoms with Crippen LogP contribution < -0.4 is 10.1 Å². The molecule has 3 aromatic rings. The van der Waals surface area contributed by atoms with Gasteiger partial charge in [0.15, 0.2) is 0 Å². The van der Waals surface area contributed by atoms with Gasteiger partial charge in [-0.25, -0.2) is 0 Å². The van der Waals surface area contributed by atoms with E-state index in [4.69, 9.17) is 16.3 Å². The molecule has 0 saturated carbocycles. The Morgan fingerprint density at radius 3 is 2.42 bits per heavy atom. The number of hydrogen-bond donors (Lipinski definition) is 1. The van der Waals surface area contributed by atoms with Crippen molar-refractivity contribution in [3.63, 3.8) is 0 Å². The second kappa shape index (κ2) is 10.7. The summed E-state index contributed by atoms with van der Waals surface area (Å²) in [6.45, 7) is 2.72. The highest BCUT2D eigenvalue weighted by Gasteiger charge is 2.29. The molecule has 0 aliphatic carbocycles. The first kappa shape index (κ1) is 22.5. The number of amides is 1. The molecule has 31 heavy (non-hydrogen) atoms. The van der Waals surface area contributed by atoms with E-state index >= 15 is 0 Å². The van der Waals surface area contributed by atoms with Crippen LogP contribution in [0.2, 0.25) is 5.02 Å². The molecule has 0 unspecified atom stereocenters. The van der Waals surface area contributed by atoms with Crippen molar-refractivity contribution >= 4 is 17.5 Å². The van der Waals surface area contributed by atoms with E-state index in [9.17, 15) is 10.1 Å². The zero-order chi connectivity index (χ0) is 22.2. The van der Waals surface area contributed by atoms with Crippen LogP contribution in [0.5, 0.6) is 5.88 Å². The van der Waals surface area contributed by atoms with Crippen molar-refractivity contribution in [2.45, 2.75) is 32.6 Å². The van der Waals surface area contributed by atoms with Gasteiger partial charge in [-0.3, -0.25) is 9.36 Å². The third-order valence-electron chi connectivity index (χ3n) is 5.11. The van der Waals surface area contributed by atoms with Crippen LogP contribution in [0.25, 0.3) is 16.8 Å². The summed E-state index contributed by atoms with van der Waals surface area (Å²) < 4.78 is 7.34. The predicted molar refractivity (Wildman–Crippen MR) is 124 cm³/mol. The first-order valence-corrected chi connectivity index (χ1v) is 10.8. The number of benzene rings is 2. The number of nitrogens with one attached hydrogen (secondary N) is 1. The number of carbonyl (C=O) groups is 1. The van der Waals surface area contributed by atoms with Gasteiger partial charge in [0.2, 0.25) is 5.88 Å². The van der Waals surface area contributed by atoms with Crippen LogP contribution >= 0.6 is 11.6 Å². The van der Waals surface area contributed by atoms with Crippen molar-refractivity contribution in [2.24, 2.45) is 0 Å². The molecule has 5 nitrogen and oxygen atoms in total. The number of carbonyl (C=O) groups excluding carboxylic acids is 1. The summed E-state index contributed by atoms with van der Waals surface area (Å²) in [4.78, 5) is 13.4. The molecule has 0 atom stereocenters. The van der Waals surface area contributed by atoms with Crippen molar-refractivity contribution in [2.75, 3.05) is 13.7 Å². The SMILES string of the molecule is CCCCCCNC(=O)c1c(-c2ccc(Cl)cc2)c(C#N)c(OC)n1-c1ccccc1. The molecule has 3 rings (SSSR count). The van der Waals surface area contributed by atoms with Crippen LogP contribution in [0.3, 0.4) is 0 Å². The monoisotopic (exact) mass is 435 g/mol. The van der Waals surface area contributed by atoms with Crippen LogP contribution in [0.15, 0.2) is 54.6 Å². The summed E-state index contributed by atoms with van der Waals surface area (Å²) in [5.74, 6) is 0.0832. The first-order valence-electron chi connectivity index (χ1n) is 10.4. The summed E-state index contributed by atoms with van der Waals surface area (Å²) in [7, 11) is 1.51. The molecule has 0 aliphatic heterocycles. The summed E-state index contributed by atoms with van der Waals surface area (Å²) >= 11 is 6.07. The van der Waals surface area contributed by atoms with Gasteiger partial charge in [-0.05, 0) is 36.2 Å². The van der Waals surface area contributed by atoms with Gasteiger partial charge < -0.3 is 10.1 Å². The van der Waals surface area contributed by atoms with Crippen molar-refractivity contribution < 1.29 is 9.53 Å². The van der Waals surface area contributed by atoms with Crippen molar-refractivity contribution in [1.29, 1.82) is 5.26 Å². The molecule has 0 radical (unpaired) electrons. The highest BCUT2D eigenvalue weighted by Crippen LogP contribution is 2.39. The lowest BCUT2D eigenvalue weighted by Gasteiger charge is -2.14. The summed E-state index contributed by atoms with van der Waals surface area (Å²) in [6, 6.07) is 18.8. The Kier molecular flexibility index (Phi) is 7.75. The van der Waals surface area contributed by atoms with Crippen LogP contribution in [0.4, 0.5) is 0 Å². The summed E-state index contributed by atoms with van der Waals surface area (Å²) in [6.07, 6.45) is 4.24. The Balaban J connectivity index is 2.17. The van der Waals surface area contributed by atoms with Crippen LogP contribution in [-0.2, 0) is 0 Å². The minimum absolute atomic E-state index is 0.245. The lowest BCUT2D eigenvalue weighted by Crippen LogP contribution is -2.27. The predicted octanol–water partition coefficient (Wildman–Crippen LogP) is 5.99. The molecule has 0 fully saturated rings. The number of aromatic nitrogens is 1. The van der Waals surface area contributed by atoms with Gasteiger partial charge in [-0.1, -0.05) is 68.1 Å². The molecule has 0 bridgehead atoms. The zero-order valence-corrected chi connectivity index (χ0v) is 18.6. The molecule has 1 aromatic heterocycles. The molecule has 160 valence electrons. The fourth-order valence-corrected chi connectivity index (χ4v) is 3.75. The summed E-state index contributed by atoms with van der Waals surface area (Å²) in [5.41, 5.74) is 2.69.